The van der Waals surface area contributed by atoms with E-state index in [1.807, 2.05) is 13.8 Å². The minimum atomic E-state index is -0.442. The van der Waals surface area contributed by atoms with Crippen molar-refractivity contribution < 1.29 is 9.84 Å². The Labute approximate surface area is 48.8 Å². The summed E-state index contributed by atoms with van der Waals surface area (Å²) in [5, 5.41) is 9.05. The second-order valence-electron chi connectivity index (χ2n) is 2.49. The summed E-state index contributed by atoms with van der Waals surface area (Å²) in [6.45, 7) is 3.69. The number of ether oxygens (including phenoxy) is 1. The molecule has 0 aliphatic carbocycles. The fourth-order valence-electron chi connectivity index (χ4n) is 0.591. The first-order valence-electron chi connectivity index (χ1n) is 2.65. The van der Waals surface area contributed by atoms with E-state index in [0.717, 1.165) is 0 Å². The number of hydrogen-bond donors (Lipinski definition) is 1. The van der Waals surface area contributed by atoms with Gasteiger partial charge in [-0.25, -0.2) is 0 Å². The molecule has 0 bridgehead atoms. The molecule has 0 radical (unpaired) electrons. The standard InChI is InChI=1S/C6H10O2/c1-6(2)5(7)3-4-8-6/h3-5,7H,1-2H3. The van der Waals surface area contributed by atoms with E-state index in [2.05, 4.69) is 0 Å². The number of aliphatic hydroxyl groups is 1. The first-order chi connectivity index (χ1) is 3.63. The average molecular weight is 114 g/mol. The molecular weight excluding hydrogens is 104 g/mol. The highest BCUT2D eigenvalue weighted by Gasteiger charge is 2.30. The summed E-state index contributed by atoms with van der Waals surface area (Å²) in [7, 11) is 0. The molecule has 46 valence electrons. The van der Waals surface area contributed by atoms with Crippen LogP contribution < -0.4 is 0 Å². The van der Waals surface area contributed by atoms with Crippen LogP contribution >= 0.6 is 0 Å². The quantitative estimate of drug-likeness (QED) is 0.501. The van der Waals surface area contributed by atoms with Crippen molar-refractivity contribution in [1.29, 1.82) is 0 Å². The Morgan fingerprint density at radius 2 is 2.25 bits per heavy atom. The summed E-state index contributed by atoms with van der Waals surface area (Å²) in [4.78, 5) is 0. The molecule has 1 atom stereocenters. The molecule has 0 aromatic rings. The van der Waals surface area contributed by atoms with Crippen molar-refractivity contribution in [3.63, 3.8) is 0 Å². The molecule has 0 saturated heterocycles. The Hall–Kier alpha value is -0.500. The van der Waals surface area contributed by atoms with E-state index in [9.17, 15) is 0 Å². The fourth-order valence-corrected chi connectivity index (χ4v) is 0.591. The summed E-state index contributed by atoms with van der Waals surface area (Å²) in [5.41, 5.74) is -0.403. The second-order valence-corrected chi connectivity index (χ2v) is 2.49. The maximum absolute atomic E-state index is 9.05. The van der Waals surface area contributed by atoms with E-state index in [1.54, 1.807) is 6.08 Å². The third kappa shape index (κ3) is 0.713. The highest BCUT2D eigenvalue weighted by molar-refractivity contribution is 5.01. The molecule has 1 unspecified atom stereocenters. The van der Waals surface area contributed by atoms with Gasteiger partial charge in [0.25, 0.3) is 0 Å². The lowest BCUT2D eigenvalue weighted by Gasteiger charge is -2.21. The Balaban J connectivity index is 2.64. The normalized spacial score (nSPS) is 32.6. The third-order valence-corrected chi connectivity index (χ3v) is 1.34. The summed E-state index contributed by atoms with van der Waals surface area (Å²) in [6.07, 6.45) is 2.73. The average Bonchev–Trinajstić information content (AvgIpc) is 1.86. The molecule has 1 aliphatic rings. The molecule has 0 aromatic carbocycles. The van der Waals surface area contributed by atoms with E-state index < -0.39 is 11.7 Å². The number of aliphatic hydroxyl groups excluding tert-OH is 1. The van der Waals surface area contributed by atoms with Gasteiger partial charge in [0.2, 0.25) is 0 Å². The molecule has 2 heteroatoms. The molecular formula is C6H10O2. The molecule has 1 heterocycles. The largest absolute Gasteiger partial charge is 0.493 e. The van der Waals surface area contributed by atoms with Crippen LogP contribution in [0.3, 0.4) is 0 Å². The van der Waals surface area contributed by atoms with Crippen molar-refractivity contribution in [2.75, 3.05) is 0 Å². The number of rotatable bonds is 0. The molecule has 0 amide bonds. The molecule has 1 rings (SSSR count). The van der Waals surface area contributed by atoms with E-state index in [1.165, 1.54) is 6.26 Å². The van der Waals surface area contributed by atoms with Gasteiger partial charge in [-0.2, -0.15) is 0 Å². The lowest BCUT2D eigenvalue weighted by Crippen LogP contribution is -2.31. The molecule has 0 aromatic heterocycles. The zero-order valence-corrected chi connectivity index (χ0v) is 5.09. The van der Waals surface area contributed by atoms with Crippen LogP contribution in [-0.4, -0.2) is 16.8 Å². The first-order valence-corrected chi connectivity index (χ1v) is 2.65. The van der Waals surface area contributed by atoms with Crippen LogP contribution in [-0.2, 0) is 4.74 Å². The highest BCUT2D eigenvalue weighted by Crippen LogP contribution is 2.21. The van der Waals surface area contributed by atoms with Gasteiger partial charge < -0.3 is 9.84 Å². The van der Waals surface area contributed by atoms with Crippen LogP contribution in [0.5, 0.6) is 0 Å². The Morgan fingerprint density at radius 3 is 2.38 bits per heavy atom. The molecule has 0 spiro atoms. The fraction of sp³-hybridized carbons (Fsp3) is 0.667. The van der Waals surface area contributed by atoms with Gasteiger partial charge in [0.15, 0.2) is 0 Å². The van der Waals surface area contributed by atoms with Gasteiger partial charge >= 0.3 is 0 Å². The molecule has 0 saturated carbocycles. The zero-order chi connectivity index (χ0) is 6.20. The van der Waals surface area contributed by atoms with Crippen LogP contribution in [0.1, 0.15) is 13.8 Å². The molecule has 1 N–H and O–H groups in total. The Kier molecular flexibility index (Phi) is 1.05. The van der Waals surface area contributed by atoms with Crippen LogP contribution in [0.4, 0.5) is 0 Å². The summed E-state index contributed by atoms with van der Waals surface area (Å²) >= 11 is 0. The SMILES string of the molecule is CC1(C)OC=CC1O. The van der Waals surface area contributed by atoms with Gasteiger partial charge in [0.1, 0.15) is 11.7 Å². The van der Waals surface area contributed by atoms with Crippen molar-refractivity contribution in [2.24, 2.45) is 0 Å². The lowest BCUT2D eigenvalue weighted by atomic mass is 10.0. The summed E-state index contributed by atoms with van der Waals surface area (Å²) in [5.74, 6) is 0. The monoisotopic (exact) mass is 114 g/mol. The van der Waals surface area contributed by atoms with Gasteiger partial charge in [0, 0.05) is 0 Å². The maximum Gasteiger partial charge on any atom is 0.132 e. The molecule has 0 fully saturated rings. The van der Waals surface area contributed by atoms with Crippen molar-refractivity contribution in [3.8, 4) is 0 Å². The molecule has 2 nitrogen and oxygen atoms in total. The summed E-state index contributed by atoms with van der Waals surface area (Å²) in [6, 6.07) is 0. The maximum atomic E-state index is 9.05. The van der Waals surface area contributed by atoms with Gasteiger partial charge in [-0.05, 0) is 19.9 Å². The molecule has 1 aliphatic heterocycles. The number of hydrogen-bond acceptors (Lipinski definition) is 2. The topological polar surface area (TPSA) is 29.5 Å². The second kappa shape index (κ2) is 1.49. The van der Waals surface area contributed by atoms with Crippen LogP contribution in [0.2, 0.25) is 0 Å². The van der Waals surface area contributed by atoms with Crippen LogP contribution in [0.15, 0.2) is 12.3 Å². The highest BCUT2D eigenvalue weighted by atomic mass is 16.5. The van der Waals surface area contributed by atoms with Crippen molar-refractivity contribution in [1.82, 2.24) is 0 Å². The zero-order valence-electron chi connectivity index (χ0n) is 5.09. The minimum Gasteiger partial charge on any atom is -0.493 e. The van der Waals surface area contributed by atoms with E-state index in [-0.39, 0.29) is 0 Å². The van der Waals surface area contributed by atoms with Gasteiger partial charge in [-0.15, -0.1) is 0 Å². The van der Waals surface area contributed by atoms with Gasteiger partial charge in [0.05, 0.1) is 6.26 Å². The third-order valence-electron chi connectivity index (χ3n) is 1.34. The van der Waals surface area contributed by atoms with E-state index >= 15 is 0 Å². The van der Waals surface area contributed by atoms with Gasteiger partial charge in [-0.3, -0.25) is 0 Å². The summed E-state index contributed by atoms with van der Waals surface area (Å²) < 4.78 is 5.02. The van der Waals surface area contributed by atoms with E-state index in [0.29, 0.717) is 0 Å². The lowest BCUT2D eigenvalue weighted by molar-refractivity contribution is -0.00828. The predicted molar refractivity (Wildman–Crippen MR) is 30.3 cm³/mol. The van der Waals surface area contributed by atoms with Crippen molar-refractivity contribution in [2.45, 2.75) is 25.6 Å². The van der Waals surface area contributed by atoms with Crippen LogP contribution in [0, 0.1) is 0 Å². The van der Waals surface area contributed by atoms with Crippen molar-refractivity contribution in [3.05, 3.63) is 12.3 Å². The molecule has 8 heavy (non-hydrogen) atoms. The van der Waals surface area contributed by atoms with Gasteiger partial charge in [-0.1, -0.05) is 0 Å². The predicted octanol–water partition coefficient (Wildman–Crippen LogP) is 0.670. The minimum absolute atomic E-state index is 0.403. The Bertz CT molecular complexity index is 116. The van der Waals surface area contributed by atoms with E-state index in [4.69, 9.17) is 9.84 Å². The van der Waals surface area contributed by atoms with Crippen LogP contribution in [0.25, 0.3) is 0 Å². The smallest absolute Gasteiger partial charge is 0.132 e. The Morgan fingerprint density at radius 1 is 1.62 bits per heavy atom. The van der Waals surface area contributed by atoms with Crippen molar-refractivity contribution >= 4 is 0 Å². The first kappa shape index (κ1) is 5.63.